The second-order valence-electron chi connectivity index (χ2n) is 6.66. The fourth-order valence-corrected chi connectivity index (χ4v) is 3.58. The number of rotatable bonds is 3. The Labute approximate surface area is 158 Å². The molecule has 2 aromatic rings. The number of nitrogens with zero attached hydrogens (tertiary/aromatic N) is 2. The van der Waals surface area contributed by atoms with Gasteiger partial charge in [-0.25, -0.2) is 0 Å². The summed E-state index contributed by atoms with van der Waals surface area (Å²) in [6, 6.07) is 15.3. The van der Waals surface area contributed by atoms with Crippen molar-refractivity contribution in [3.8, 4) is 17.6 Å². The van der Waals surface area contributed by atoms with Crippen LogP contribution < -0.4 is 9.47 Å². The molecule has 0 spiro atoms. The van der Waals surface area contributed by atoms with Crippen molar-refractivity contribution in [2.45, 2.75) is 18.9 Å². The zero-order valence-electron chi connectivity index (χ0n) is 14.9. The maximum absolute atomic E-state index is 12.7. The van der Waals surface area contributed by atoms with Gasteiger partial charge in [0, 0.05) is 12.6 Å². The Morgan fingerprint density at radius 1 is 1.11 bits per heavy atom. The van der Waals surface area contributed by atoms with Gasteiger partial charge in [0.05, 0.1) is 17.7 Å². The third-order valence-corrected chi connectivity index (χ3v) is 4.95. The van der Waals surface area contributed by atoms with E-state index in [9.17, 15) is 4.79 Å². The molecule has 2 aliphatic heterocycles. The van der Waals surface area contributed by atoms with Crippen LogP contribution in [0.5, 0.6) is 11.5 Å². The lowest BCUT2D eigenvalue weighted by molar-refractivity contribution is -0.126. The normalized spacial score (nSPS) is 18.5. The quantitative estimate of drug-likeness (QED) is 0.783. The van der Waals surface area contributed by atoms with E-state index in [1.807, 2.05) is 35.2 Å². The van der Waals surface area contributed by atoms with Gasteiger partial charge in [-0.05, 0) is 54.3 Å². The molecule has 1 atom stereocenters. The first-order valence-corrected chi connectivity index (χ1v) is 9.13. The molecule has 0 aromatic heterocycles. The SMILES string of the molecule is N#Cc1ccc(C=CC(=O)N2CCCC2c2ccc3c(c2)OCCO3)cc1. The summed E-state index contributed by atoms with van der Waals surface area (Å²) >= 11 is 0. The van der Waals surface area contributed by atoms with Crippen LogP contribution >= 0.6 is 0 Å². The number of nitriles is 1. The van der Waals surface area contributed by atoms with Gasteiger partial charge in [-0.2, -0.15) is 5.26 Å². The molecule has 2 heterocycles. The monoisotopic (exact) mass is 360 g/mol. The van der Waals surface area contributed by atoms with E-state index in [-0.39, 0.29) is 11.9 Å². The van der Waals surface area contributed by atoms with Gasteiger partial charge in [0.1, 0.15) is 13.2 Å². The molecule has 4 rings (SSSR count). The van der Waals surface area contributed by atoms with E-state index < -0.39 is 0 Å². The number of hydrogen-bond donors (Lipinski definition) is 0. The molecule has 1 unspecified atom stereocenters. The minimum atomic E-state index is -0.00301. The van der Waals surface area contributed by atoms with Crippen LogP contribution in [0.4, 0.5) is 0 Å². The number of benzene rings is 2. The highest BCUT2D eigenvalue weighted by Gasteiger charge is 2.29. The first-order valence-electron chi connectivity index (χ1n) is 9.13. The molecular weight excluding hydrogens is 340 g/mol. The summed E-state index contributed by atoms with van der Waals surface area (Å²) < 4.78 is 11.3. The zero-order chi connectivity index (χ0) is 18.6. The van der Waals surface area contributed by atoms with Crippen molar-refractivity contribution in [1.82, 2.24) is 4.90 Å². The van der Waals surface area contributed by atoms with Crippen molar-refractivity contribution in [3.05, 3.63) is 65.2 Å². The summed E-state index contributed by atoms with van der Waals surface area (Å²) in [6.45, 7) is 1.87. The van der Waals surface area contributed by atoms with Crippen molar-refractivity contribution in [2.24, 2.45) is 0 Å². The smallest absolute Gasteiger partial charge is 0.247 e. The van der Waals surface area contributed by atoms with Crippen molar-refractivity contribution in [3.63, 3.8) is 0 Å². The highest BCUT2D eigenvalue weighted by atomic mass is 16.6. The summed E-state index contributed by atoms with van der Waals surface area (Å²) in [5.74, 6) is 1.52. The van der Waals surface area contributed by atoms with Crippen LogP contribution in [-0.2, 0) is 4.79 Å². The minimum absolute atomic E-state index is 0.00301. The molecule has 1 amide bonds. The molecule has 5 heteroatoms. The molecular formula is C22H20N2O3. The summed E-state index contributed by atoms with van der Waals surface area (Å²) in [5, 5.41) is 8.86. The lowest BCUT2D eigenvalue weighted by atomic mass is 10.0. The molecule has 27 heavy (non-hydrogen) atoms. The molecule has 2 aromatic carbocycles. The first kappa shape index (κ1) is 17.2. The topological polar surface area (TPSA) is 62.6 Å². The van der Waals surface area contributed by atoms with Crippen LogP contribution in [0.15, 0.2) is 48.5 Å². The number of likely N-dealkylation sites (tertiary alicyclic amines) is 1. The van der Waals surface area contributed by atoms with Gasteiger partial charge in [-0.1, -0.05) is 18.2 Å². The number of amides is 1. The fourth-order valence-electron chi connectivity index (χ4n) is 3.58. The van der Waals surface area contributed by atoms with Crippen LogP contribution in [0.2, 0.25) is 0 Å². The van der Waals surface area contributed by atoms with Crippen LogP contribution in [0.1, 0.15) is 35.6 Å². The van der Waals surface area contributed by atoms with Gasteiger partial charge < -0.3 is 14.4 Å². The summed E-state index contributed by atoms with van der Waals surface area (Å²) in [7, 11) is 0. The van der Waals surface area contributed by atoms with Crippen LogP contribution in [0.3, 0.4) is 0 Å². The van der Waals surface area contributed by atoms with Crippen molar-refractivity contribution >= 4 is 12.0 Å². The van der Waals surface area contributed by atoms with E-state index >= 15 is 0 Å². The number of carbonyl (C=O) groups is 1. The molecule has 1 fully saturated rings. The van der Waals surface area contributed by atoms with Gasteiger partial charge >= 0.3 is 0 Å². The van der Waals surface area contributed by atoms with Gasteiger partial charge in [0.25, 0.3) is 0 Å². The third-order valence-electron chi connectivity index (χ3n) is 4.95. The Morgan fingerprint density at radius 2 is 1.89 bits per heavy atom. The maximum Gasteiger partial charge on any atom is 0.247 e. The molecule has 0 bridgehead atoms. The molecule has 136 valence electrons. The third kappa shape index (κ3) is 3.65. The Morgan fingerprint density at radius 3 is 2.67 bits per heavy atom. The fraction of sp³-hybridized carbons (Fsp3) is 0.273. The lowest BCUT2D eigenvalue weighted by Gasteiger charge is -2.26. The minimum Gasteiger partial charge on any atom is -0.486 e. The number of hydrogen-bond acceptors (Lipinski definition) is 4. The predicted molar refractivity (Wildman–Crippen MR) is 101 cm³/mol. The maximum atomic E-state index is 12.7. The van der Waals surface area contributed by atoms with Gasteiger partial charge in [-0.3, -0.25) is 4.79 Å². The Balaban J connectivity index is 1.49. The number of fused-ring (bicyclic) bond motifs is 1. The van der Waals surface area contributed by atoms with Crippen LogP contribution in [-0.4, -0.2) is 30.6 Å². The average Bonchev–Trinajstić information content (AvgIpc) is 3.22. The van der Waals surface area contributed by atoms with Crippen molar-refractivity contribution in [1.29, 1.82) is 5.26 Å². The highest BCUT2D eigenvalue weighted by Crippen LogP contribution is 2.38. The van der Waals surface area contributed by atoms with E-state index in [0.29, 0.717) is 18.8 Å². The summed E-state index contributed by atoms with van der Waals surface area (Å²) in [5.41, 5.74) is 2.59. The molecule has 0 saturated carbocycles. The molecule has 2 aliphatic rings. The lowest BCUT2D eigenvalue weighted by Crippen LogP contribution is -2.29. The van der Waals surface area contributed by atoms with Gasteiger partial charge in [0.2, 0.25) is 5.91 Å². The molecule has 0 N–H and O–H groups in total. The number of carbonyl (C=O) groups excluding carboxylic acids is 1. The Kier molecular flexibility index (Phi) is 4.80. The van der Waals surface area contributed by atoms with Crippen molar-refractivity contribution < 1.29 is 14.3 Å². The van der Waals surface area contributed by atoms with Gasteiger partial charge in [0.15, 0.2) is 11.5 Å². The highest BCUT2D eigenvalue weighted by molar-refractivity contribution is 5.92. The molecule has 1 saturated heterocycles. The summed E-state index contributed by atoms with van der Waals surface area (Å²) in [4.78, 5) is 14.7. The van der Waals surface area contributed by atoms with E-state index in [2.05, 4.69) is 6.07 Å². The second-order valence-corrected chi connectivity index (χ2v) is 6.66. The molecule has 0 radical (unpaired) electrons. The summed E-state index contributed by atoms with van der Waals surface area (Å²) in [6.07, 6.45) is 5.33. The zero-order valence-corrected chi connectivity index (χ0v) is 14.9. The largest absolute Gasteiger partial charge is 0.486 e. The second kappa shape index (κ2) is 7.55. The van der Waals surface area contributed by atoms with Crippen LogP contribution in [0.25, 0.3) is 6.08 Å². The van der Waals surface area contributed by atoms with Crippen molar-refractivity contribution in [2.75, 3.05) is 19.8 Å². The standard InChI is InChI=1S/C22H20N2O3/c23-15-17-5-3-16(4-6-17)7-10-22(25)24-11-1-2-19(24)18-8-9-20-21(14-18)27-13-12-26-20/h3-10,14,19H,1-2,11-13H2. The molecule has 0 aliphatic carbocycles. The van der Waals surface area contributed by atoms with E-state index in [1.165, 1.54) is 0 Å². The van der Waals surface area contributed by atoms with Gasteiger partial charge in [-0.15, -0.1) is 0 Å². The predicted octanol–water partition coefficient (Wildman–Crippen LogP) is 3.71. The van der Waals surface area contributed by atoms with E-state index in [4.69, 9.17) is 14.7 Å². The van der Waals surface area contributed by atoms with E-state index in [1.54, 1.807) is 24.3 Å². The molecule has 5 nitrogen and oxygen atoms in total. The average molecular weight is 360 g/mol. The Hall–Kier alpha value is -3.26. The number of ether oxygens (including phenoxy) is 2. The first-order chi connectivity index (χ1) is 13.2. The Bertz CT molecular complexity index is 912. The van der Waals surface area contributed by atoms with Crippen LogP contribution in [0, 0.1) is 11.3 Å². The van der Waals surface area contributed by atoms with E-state index in [0.717, 1.165) is 42.0 Å².